The van der Waals surface area contributed by atoms with E-state index in [2.05, 4.69) is 37.3 Å². The van der Waals surface area contributed by atoms with E-state index < -0.39 is 5.82 Å². The number of hydrogen-bond acceptors (Lipinski definition) is 1. The molecule has 4 rings (SSSR count). The Labute approximate surface area is 197 Å². The molecular formula is C29H34ClFO. The maximum absolute atomic E-state index is 14.8. The van der Waals surface area contributed by atoms with Crippen molar-refractivity contribution in [3.63, 3.8) is 0 Å². The van der Waals surface area contributed by atoms with Crippen LogP contribution in [0, 0.1) is 23.6 Å². The lowest BCUT2D eigenvalue weighted by atomic mass is 9.71. The summed E-state index contributed by atoms with van der Waals surface area (Å²) < 4.78 is 20.2. The summed E-state index contributed by atoms with van der Waals surface area (Å²) in [6.07, 6.45) is 16.2. The van der Waals surface area contributed by atoms with Gasteiger partial charge in [0.2, 0.25) is 0 Å². The Balaban J connectivity index is 1.40. The highest BCUT2D eigenvalue weighted by molar-refractivity contribution is 6.32. The fraction of sp³-hybridized carbons (Fsp3) is 0.448. The number of halogens is 2. The van der Waals surface area contributed by atoms with Gasteiger partial charge in [0.1, 0.15) is 10.8 Å². The van der Waals surface area contributed by atoms with E-state index in [0.717, 1.165) is 29.7 Å². The highest BCUT2D eigenvalue weighted by Gasteiger charge is 2.28. The second-order valence-corrected chi connectivity index (χ2v) is 9.59. The van der Waals surface area contributed by atoms with Crippen LogP contribution in [0.4, 0.5) is 4.39 Å². The molecule has 2 aromatic rings. The van der Waals surface area contributed by atoms with Crippen LogP contribution < -0.4 is 4.74 Å². The number of rotatable bonds is 6. The molecule has 1 saturated carbocycles. The molecule has 1 unspecified atom stereocenters. The van der Waals surface area contributed by atoms with Gasteiger partial charge in [0, 0.05) is 5.56 Å². The van der Waals surface area contributed by atoms with Crippen molar-refractivity contribution in [2.45, 2.75) is 58.8 Å². The Kier molecular flexibility index (Phi) is 7.73. The first-order valence-corrected chi connectivity index (χ1v) is 12.5. The van der Waals surface area contributed by atoms with Crippen LogP contribution in [0.2, 0.25) is 5.02 Å². The molecule has 0 N–H and O–H groups in total. The molecule has 170 valence electrons. The largest absolute Gasteiger partial charge is 0.492 e. The summed E-state index contributed by atoms with van der Waals surface area (Å²) >= 11 is 6.17. The average Bonchev–Trinajstić information content (AvgIpc) is 2.83. The zero-order valence-corrected chi connectivity index (χ0v) is 20.0. The molecule has 0 bridgehead atoms. The molecule has 0 radical (unpaired) electrons. The van der Waals surface area contributed by atoms with Crippen LogP contribution in [0.25, 0.3) is 16.7 Å². The van der Waals surface area contributed by atoms with Crippen LogP contribution in [-0.4, -0.2) is 6.61 Å². The predicted octanol–water partition coefficient (Wildman–Crippen LogP) is 9.11. The molecule has 2 aliphatic rings. The third kappa shape index (κ3) is 5.12. The van der Waals surface area contributed by atoms with Gasteiger partial charge in [0.15, 0.2) is 5.82 Å². The summed E-state index contributed by atoms with van der Waals surface area (Å²) in [6.45, 7) is 4.45. The molecule has 0 amide bonds. The smallest absolute Gasteiger partial charge is 0.153 e. The van der Waals surface area contributed by atoms with Crippen molar-refractivity contribution >= 4 is 17.2 Å². The Morgan fingerprint density at radius 3 is 2.31 bits per heavy atom. The molecule has 1 fully saturated rings. The van der Waals surface area contributed by atoms with Crippen molar-refractivity contribution in [3.8, 4) is 16.9 Å². The van der Waals surface area contributed by atoms with Gasteiger partial charge in [-0.2, -0.15) is 0 Å². The van der Waals surface area contributed by atoms with Gasteiger partial charge in [0.25, 0.3) is 0 Å². The molecule has 0 aromatic heterocycles. The van der Waals surface area contributed by atoms with Gasteiger partial charge < -0.3 is 4.74 Å². The van der Waals surface area contributed by atoms with Gasteiger partial charge in [-0.1, -0.05) is 54.1 Å². The van der Waals surface area contributed by atoms with Gasteiger partial charge in [0.05, 0.1) is 6.61 Å². The van der Waals surface area contributed by atoms with Crippen molar-refractivity contribution in [3.05, 3.63) is 71.0 Å². The summed E-state index contributed by atoms with van der Waals surface area (Å²) in [5, 5.41) is 0.0502. The van der Waals surface area contributed by atoms with Gasteiger partial charge in [-0.25, -0.2) is 4.39 Å². The molecule has 3 heteroatoms. The van der Waals surface area contributed by atoms with Crippen LogP contribution in [0.5, 0.6) is 5.75 Å². The van der Waals surface area contributed by atoms with Crippen molar-refractivity contribution in [1.82, 2.24) is 0 Å². The molecule has 2 aromatic carbocycles. The van der Waals surface area contributed by atoms with Crippen LogP contribution in [0.1, 0.15) is 64.4 Å². The van der Waals surface area contributed by atoms with Gasteiger partial charge in [-0.3, -0.25) is 0 Å². The van der Waals surface area contributed by atoms with Crippen LogP contribution in [0.3, 0.4) is 0 Å². The number of hydrogen-bond donors (Lipinski definition) is 0. The van der Waals surface area contributed by atoms with Crippen LogP contribution >= 0.6 is 11.6 Å². The van der Waals surface area contributed by atoms with E-state index in [1.807, 2.05) is 19.1 Å². The normalized spacial score (nSPS) is 23.9. The fourth-order valence-electron chi connectivity index (χ4n) is 5.51. The lowest BCUT2D eigenvalue weighted by Crippen LogP contribution is -2.22. The lowest BCUT2D eigenvalue weighted by molar-refractivity contribution is 0.212. The van der Waals surface area contributed by atoms with Crippen molar-refractivity contribution in [2.24, 2.45) is 17.8 Å². The average molecular weight is 453 g/mol. The lowest BCUT2D eigenvalue weighted by Gasteiger charge is -2.34. The summed E-state index contributed by atoms with van der Waals surface area (Å²) in [4.78, 5) is 0. The summed E-state index contributed by atoms with van der Waals surface area (Å²) in [7, 11) is 0. The third-order valence-electron chi connectivity index (χ3n) is 7.31. The minimum Gasteiger partial charge on any atom is -0.492 e. The first kappa shape index (κ1) is 23.1. The number of allylic oxidation sites excluding steroid dienone is 4. The van der Waals surface area contributed by atoms with Gasteiger partial charge in [-0.05, 0) is 105 Å². The van der Waals surface area contributed by atoms with E-state index in [4.69, 9.17) is 16.3 Å². The number of benzene rings is 2. The Morgan fingerprint density at radius 1 is 0.969 bits per heavy atom. The van der Waals surface area contributed by atoms with E-state index in [-0.39, 0.29) is 5.02 Å². The maximum atomic E-state index is 14.8. The molecule has 0 saturated heterocycles. The SMILES string of the molecule is CC=CC1CCC(C2CC=C(c3ccc(-c4ccc(OCC)c(Cl)c4F)cc3)CC2)CC1. The minimum atomic E-state index is -0.422. The quantitative estimate of drug-likeness (QED) is 0.397. The summed E-state index contributed by atoms with van der Waals surface area (Å²) in [6, 6.07) is 11.7. The Hall–Kier alpha value is -2.06. The Bertz CT molecular complexity index is 967. The van der Waals surface area contributed by atoms with Gasteiger partial charge >= 0.3 is 0 Å². The van der Waals surface area contributed by atoms with Crippen LogP contribution in [0.15, 0.2) is 54.6 Å². The maximum Gasteiger partial charge on any atom is 0.153 e. The molecule has 0 spiro atoms. The third-order valence-corrected chi connectivity index (χ3v) is 7.66. The summed E-state index contributed by atoms with van der Waals surface area (Å²) in [5.74, 6) is 2.51. The second-order valence-electron chi connectivity index (χ2n) is 9.21. The summed E-state index contributed by atoms with van der Waals surface area (Å²) in [5.41, 5.74) is 4.03. The van der Waals surface area contributed by atoms with E-state index in [1.54, 1.807) is 12.1 Å². The zero-order valence-electron chi connectivity index (χ0n) is 19.2. The monoisotopic (exact) mass is 452 g/mol. The predicted molar refractivity (Wildman–Crippen MR) is 134 cm³/mol. The molecule has 1 nitrogen and oxygen atoms in total. The zero-order chi connectivity index (χ0) is 22.5. The molecule has 32 heavy (non-hydrogen) atoms. The van der Waals surface area contributed by atoms with E-state index in [0.29, 0.717) is 17.9 Å². The molecular weight excluding hydrogens is 419 g/mol. The first-order chi connectivity index (χ1) is 15.6. The second kappa shape index (κ2) is 10.7. The standard InChI is InChI=1S/C29H34ClFO/c1-3-5-20-6-8-21(9-7-20)22-10-12-23(13-11-22)24-14-16-25(17-15-24)26-18-19-27(32-4-2)28(30)29(26)31/h3,5,12,14-22H,4,6-11,13H2,1-2H3. The van der Waals surface area contributed by atoms with Crippen molar-refractivity contribution in [1.29, 1.82) is 0 Å². The Morgan fingerprint density at radius 2 is 1.69 bits per heavy atom. The minimum absolute atomic E-state index is 0.0502. The van der Waals surface area contributed by atoms with E-state index in [9.17, 15) is 4.39 Å². The highest BCUT2D eigenvalue weighted by Crippen LogP contribution is 2.42. The van der Waals surface area contributed by atoms with E-state index in [1.165, 1.54) is 49.7 Å². The first-order valence-electron chi connectivity index (χ1n) is 12.1. The van der Waals surface area contributed by atoms with Crippen molar-refractivity contribution < 1.29 is 9.13 Å². The number of ether oxygens (including phenoxy) is 1. The topological polar surface area (TPSA) is 9.23 Å². The van der Waals surface area contributed by atoms with E-state index >= 15 is 0 Å². The molecule has 2 aliphatic carbocycles. The van der Waals surface area contributed by atoms with Crippen LogP contribution in [-0.2, 0) is 0 Å². The molecule has 1 atom stereocenters. The van der Waals surface area contributed by atoms with Gasteiger partial charge in [-0.15, -0.1) is 0 Å². The fourth-order valence-corrected chi connectivity index (χ4v) is 5.73. The highest BCUT2D eigenvalue weighted by atomic mass is 35.5. The van der Waals surface area contributed by atoms with Crippen molar-refractivity contribution in [2.75, 3.05) is 6.61 Å². The molecule has 0 heterocycles. The molecule has 0 aliphatic heterocycles.